The number of nitrogens with zero attached hydrogens (tertiary/aromatic N) is 2. The maximum absolute atomic E-state index is 9.43. The summed E-state index contributed by atoms with van der Waals surface area (Å²) in [7, 11) is 1.67. The van der Waals surface area contributed by atoms with E-state index in [0.29, 0.717) is 17.3 Å². The van der Waals surface area contributed by atoms with Gasteiger partial charge in [0.05, 0.1) is 0 Å². The lowest BCUT2D eigenvalue weighted by Gasteiger charge is -2.37. The normalized spacial score (nSPS) is 17.4. The lowest BCUT2D eigenvalue weighted by Crippen LogP contribution is -2.37. The van der Waals surface area contributed by atoms with E-state index in [2.05, 4.69) is 10.1 Å². The van der Waals surface area contributed by atoms with Gasteiger partial charge in [0, 0.05) is 12.7 Å². The van der Waals surface area contributed by atoms with E-state index >= 15 is 0 Å². The van der Waals surface area contributed by atoms with Gasteiger partial charge in [-0.3, -0.25) is 0 Å². The lowest BCUT2D eigenvalue weighted by atomic mass is 9.79. The highest BCUT2D eigenvalue weighted by Gasteiger charge is 2.43. The van der Waals surface area contributed by atoms with Crippen LogP contribution in [-0.2, 0) is 10.3 Å². The summed E-state index contributed by atoms with van der Waals surface area (Å²) in [5.74, 6) is 1.18. The molecule has 1 aliphatic rings. The molecule has 1 fully saturated rings. The first kappa shape index (κ1) is 11.2. The average molecular weight is 246 g/mol. The highest BCUT2D eigenvalue weighted by molar-refractivity contribution is 5.55. The zero-order chi connectivity index (χ0) is 12.6. The first-order valence-corrected chi connectivity index (χ1v) is 5.92. The van der Waals surface area contributed by atoms with Crippen LogP contribution in [0.3, 0.4) is 0 Å². The summed E-state index contributed by atoms with van der Waals surface area (Å²) in [6.07, 6.45) is 2.95. The molecule has 0 bridgehead atoms. The van der Waals surface area contributed by atoms with Gasteiger partial charge in [-0.05, 0) is 37.5 Å². The van der Waals surface area contributed by atoms with Gasteiger partial charge in [-0.25, -0.2) is 0 Å². The molecule has 0 saturated heterocycles. The summed E-state index contributed by atoms with van der Waals surface area (Å²) in [6.45, 7) is 0. The van der Waals surface area contributed by atoms with Crippen molar-refractivity contribution in [1.29, 1.82) is 0 Å². The molecule has 94 valence electrons. The number of hydrogen-bond acceptors (Lipinski definition) is 5. The Morgan fingerprint density at radius 3 is 2.83 bits per heavy atom. The van der Waals surface area contributed by atoms with Crippen LogP contribution in [0.25, 0.3) is 11.5 Å². The summed E-state index contributed by atoms with van der Waals surface area (Å²) in [5.41, 5.74) is 0.331. The summed E-state index contributed by atoms with van der Waals surface area (Å²) in [5, 5.41) is 13.4. The first-order chi connectivity index (χ1) is 8.73. The number of phenols is 1. The van der Waals surface area contributed by atoms with Crippen LogP contribution in [0.2, 0.25) is 0 Å². The molecule has 1 aliphatic carbocycles. The van der Waals surface area contributed by atoms with Crippen LogP contribution in [0, 0.1) is 0 Å². The van der Waals surface area contributed by atoms with E-state index in [1.54, 1.807) is 25.3 Å². The molecule has 0 radical (unpaired) electrons. The van der Waals surface area contributed by atoms with Gasteiger partial charge in [0.15, 0.2) is 0 Å². The van der Waals surface area contributed by atoms with E-state index in [0.717, 1.165) is 19.3 Å². The predicted molar refractivity (Wildman–Crippen MR) is 63.9 cm³/mol. The molecule has 1 N–H and O–H groups in total. The third-order valence-electron chi connectivity index (χ3n) is 3.48. The van der Waals surface area contributed by atoms with Crippen molar-refractivity contribution in [1.82, 2.24) is 10.1 Å². The maximum atomic E-state index is 9.43. The highest BCUT2D eigenvalue weighted by atomic mass is 16.5. The van der Waals surface area contributed by atoms with Crippen LogP contribution < -0.4 is 0 Å². The molecule has 2 aromatic rings. The van der Waals surface area contributed by atoms with Gasteiger partial charge in [0.1, 0.15) is 11.4 Å². The average Bonchev–Trinajstić information content (AvgIpc) is 2.78. The SMILES string of the molecule is COC1(c2noc(-c3cccc(O)c3)n2)CCC1. The van der Waals surface area contributed by atoms with Crippen molar-refractivity contribution in [3.63, 3.8) is 0 Å². The molecular weight excluding hydrogens is 232 g/mol. The van der Waals surface area contributed by atoms with Crippen molar-refractivity contribution in [2.75, 3.05) is 7.11 Å². The smallest absolute Gasteiger partial charge is 0.258 e. The van der Waals surface area contributed by atoms with E-state index in [1.807, 2.05) is 6.07 Å². The largest absolute Gasteiger partial charge is 0.508 e. The summed E-state index contributed by atoms with van der Waals surface area (Å²) in [4.78, 5) is 4.37. The van der Waals surface area contributed by atoms with Gasteiger partial charge in [0.25, 0.3) is 5.89 Å². The number of phenolic OH excluding ortho intramolecular Hbond substituents is 1. The fourth-order valence-electron chi connectivity index (χ4n) is 2.18. The van der Waals surface area contributed by atoms with E-state index < -0.39 is 0 Å². The topological polar surface area (TPSA) is 68.4 Å². The number of hydrogen-bond donors (Lipinski definition) is 1. The second kappa shape index (κ2) is 4.10. The molecule has 0 aliphatic heterocycles. The van der Waals surface area contributed by atoms with Crippen molar-refractivity contribution in [3.8, 4) is 17.2 Å². The summed E-state index contributed by atoms with van der Waals surface area (Å²) in [6, 6.07) is 6.75. The van der Waals surface area contributed by atoms with Crippen molar-refractivity contribution in [3.05, 3.63) is 30.1 Å². The molecule has 5 nitrogen and oxygen atoms in total. The second-order valence-corrected chi connectivity index (χ2v) is 4.53. The van der Waals surface area contributed by atoms with Crippen LogP contribution in [-0.4, -0.2) is 22.4 Å². The Labute approximate surface area is 104 Å². The number of aromatic nitrogens is 2. The van der Waals surface area contributed by atoms with E-state index in [1.165, 1.54) is 0 Å². The lowest BCUT2D eigenvalue weighted by molar-refractivity contribution is -0.0858. The molecule has 0 atom stereocenters. The van der Waals surface area contributed by atoms with Gasteiger partial charge >= 0.3 is 0 Å². The van der Waals surface area contributed by atoms with E-state index in [9.17, 15) is 5.11 Å². The molecule has 0 spiro atoms. The van der Waals surface area contributed by atoms with Crippen LogP contribution in [0.15, 0.2) is 28.8 Å². The van der Waals surface area contributed by atoms with Gasteiger partial charge in [-0.15, -0.1) is 0 Å². The van der Waals surface area contributed by atoms with Crippen molar-refractivity contribution < 1.29 is 14.4 Å². The number of aromatic hydroxyl groups is 1. The fourth-order valence-corrected chi connectivity index (χ4v) is 2.18. The molecule has 1 saturated carbocycles. The van der Waals surface area contributed by atoms with E-state index in [4.69, 9.17) is 9.26 Å². The predicted octanol–water partition coefficient (Wildman–Crippen LogP) is 2.47. The third kappa shape index (κ3) is 1.67. The third-order valence-corrected chi connectivity index (χ3v) is 3.48. The minimum absolute atomic E-state index is 0.178. The summed E-state index contributed by atoms with van der Waals surface area (Å²) >= 11 is 0. The molecule has 1 aromatic heterocycles. The van der Waals surface area contributed by atoms with Crippen molar-refractivity contribution >= 4 is 0 Å². The van der Waals surface area contributed by atoms with Crippen molar-refractivity contribution in [2.24, 2.45) is 0 Å². The Morgan fingerprint density at radius 1 is 1.39 bits per heavy atom. The molecule has 18 heavy (non-hydrogen) atoms. The zero-order valence-corrected chi connectivity index (χ0v) is 10.1. The number of methoxy groups -OCH3 is 1. The standard InChI is InChI=1S/C13H14N2O3/c1-17-13(6-3-7-13)12-14-11(18-15-12)9-4-2-5-10(16)8-9/h2,4-5,8,16H,3,6-7H2,1H3. The molecular formula is C13H14N2O3. The number of rotatable bonds is 3. The Bertz CT molecular complexity index is 555. The zero-order valence-electron chi connectivity index (χ0n) is 10.1. The minimum atomic E-state index is -0.376. The molecule has 1 heterocycles. The van der Waals surface area contributed by atoms with Gasteiger partial charge in [-0.1, -0.05) is 11.2 Å². The second-order valence-electron chi connectivity index (χ2n) is 4.53. The molecule has 5 heteroatoms. The Balaban J connectivity index is 1.94. The van der Waals surface area contributed by atoms with Gasteiger partial charge in [0.2, 0.25) is 5.82 Å². The maximum Gasteiger partial charge on any atom is 0.258 e. The Hall–Kier alpha value is -1.88. The monoisotopic (exact) mass is 246 g/mol. The van der Waals surface area contributed by atoms with Crippen LogP contribution >= 0.6 is 0 Å². The van der Waals surface area contributed by atoms with Crippen molar-refractivity contribution in [2.45, 2.75) is 24.9 Å². The molecule has 3 rings (SSSR count). The molecule has 0 unspecified atom stereocenters. The Morgan fingerprint density at radius 2 is 2.22 bits per heavy atom. The van der Waals surface area contributed by atoms with Crippen LogP contribution in [0.5, 0.6) is 5.75 Å². The Kier molecular flexibility index (Phi) is 2.56. The fraction of sp³-hybridized carbons (Fsp3) is 0.385. The van der Waals surface area contributed by atoms with Crippen LogP contribution in [0.4, 0.5) is 0 Å². The quantitative estimate of drug-likeness (QED) is 0.901. The molecule has 1 aromatic carbocycles. The number of ether oxygens (including phenoxy) is 1. The van der Waals surface area contributed by atoms with Gasteiger partial charge in [-0.2, -0.15) is 4.98 Å². The minimum Gasteiger partial charge on any atom is -0.508 e. The van der Waals surface area contributed by atoms with E-state index in [-0.39, 0.29) is 11.4 Å². The molecule has 0 amide bonds. The summed E-state index contributed by atoms with van der Waals surface area (Å²) < 4.78 is 10.7. The van der Waals surface area contributed by atoms with Crippen LogP contribution in [0.1, 0.15) is 25.1 Å². The van der Waals surface area contributed by atoms with Gasteiger partial charge < -0.3 is 14.4 Å². The highest BCUT2D eigenvalue weighted by Crippen LogP contribution is 2.43. The number of benzene rings is 1. The first-order valence-electron chi connectivity index (χ1n) is 5.92.